The average Bonchev–Trinajstić information content (AvgIpc) is 2.74. The van der Waals surface area contributed by atoms with Crippen molar-refractivity contribution in [3.05, 3.63) is 0 Å². The van der Waals surface area contributed by atoms with Crippen LogP contribution in [0.1, 0.15) is 46.5 Å². The molecular formula is C11H20O. The Kier molecular flexibility index (Phi) is 1.95. The highest BCUT2D eigenvalue weighted by atomic mass is 16.6. The Hall–Kier alpha value is -0.0400. The molecule has 1 aliphatic heterocycles. The molecule has 4 atom stereocenters. The number of fused-ring (bicyclic) bond motifs is 1. The number of epoxide rings is 1. The van der Waals surface area contributed by atoms with Crippen molar-refractivity contribution < 1.29 is 4.74 Å². The van der Waals surface area contributed by atoms with E-state index in [4.69, 9.17) is 4.74 Å². The van der Waals surface area contributed by atoms with E-state index in [0.29, 0.717) is 11.7 Å². The molecule has 4 unspecified atom stereocenters. The lowest BCUT2D eigenvalue weighted by atomic mass is 9.75. The first-order chi connectivity index (χ1) is 5.67. The van der Waals surface area contributed by atoms with Crippen LogP contribution in [-0.4, -0.2) is 11.7 Å². The summed E-state index contributed by atoms with van der Waals surface area (Å²) in [6, 6.07) is 0. The lowest BCUT2D eigenvalue weighted by Gasteiger charge is -2.26. The van der Waals surface area contributed by atoms with Crippen LogP contribution in [0.5, 0.6) is 0 Å². The Morgan fingerprint density at radius 3 is 3.00 bits per heavy atom. The molecule has 0 aromatic heterocycles. The van der Waals surface area contributed by atoms with Crippen molar-refractivity contribution in [1.82, 2.24) is 0 Å². The zero-order valence-electron chi connectivity index (χ0n) is 8.47. The summed E-state index contributed by atoms with van der Waals surface area (Å²) in [4.78, 5) is 0. The van der Waals surface area contributed by atoms with Gasteiger partial charge in [0.2, 0.25) is 0 Å². The molecule has 2 aliphatic rings. The number of ether oxygens (including phenoxy) is 1. The molecule has 1 saturated heterocycles. The number of hydrogen-bond acceptors (Lipinski definition) is 1. The minimum Gasteiger partial charge on any atom is -0.366 e. The zero-order valence-corrected chi connectivity index (χ0v) is 8.47. The molecule has 12 heavy (non-hydrogen) atoms. The third-order valence-corrected chi connectivity index (χ3v) is 3.92. The average molecular weight is 168 g/mol. The van der Waals surface area contributed by atoms with Gasteiger partial charge >= 0.3 is 0 Å². The monoisotopic (exact) mass is 168 g/mol. The van der Waals surface area contributed by atoms with E-state index < -0.39 is 0 Å². The molecule has 1 heteroatoms. The van der Waals surface area contributed by atoms with E-state index in [9.17, 15) is 0 Å². The van der Waals surface area contributed by atoms with Crippen LogP contribution in [0.25, 0.3) is 0 Å². The normalized spacial score (nSPS) is 48.2. The SMILES string of the molecule is CCC(C)C1CCCC2(C)OC12. The molecule has 2 rings (SSSR count). The Balaban J connectivity index is 1.99. The van der Waals surface area contributed by atoms with Crippen LogP contribution in [0.3, 0.4) is 0 Å². The predicted molar refractivity (Wildman–Crippen MR) is 50.1 cm³/mol. The van der Waals surface area contributed by atoms with Gasteiger partial charge in [0.1, 0.15) is 0 Å². The fourth-order valence-corrected chi connectivity index (χ4v) is 2.72. The minimum atomic E-state index is 0.298. The van der Waals surface area contributed by atoms with E-state index in [1.165, 1.54) is 25.7 Å². The van der Waals surface area contributed by atoms with Gasteiger partial charge in [-0.15, -0.1) is 0 Å². The maximum atomic E-state index is 5.80. The van der Waals surface area contributed by atoms with Crippen molar-refractivity contribution in [3.8, 4) is 0 Å². The maximum absolute atomic E-state index is 5.80. The molecule has 0 bridgehead atoms. The molecule has 0 radical (unpaired) electrons. The molecule has 70 valence electrons. The third-order valence-electron chi connectivity index (χ3n) is 3.92. The van der Waals surface area contributed by atoms with Gasteiger partial charge in [-0.25, -0.2) is 0 Å². The molecule has 2 fully saturated rings. The Bertz CT molecular complexity index is 178. The first kappa shape index (κ1) is 8.55. The molecule has 0 aromatic rings. The molecule has 0 N–H and O–H groups in total. The summed E-state index contributed by atoms with van der Waals surface area (Å²) in [7, 11) is 0. The van der Waals surface area contributed by atoms with E-state index >= 15 is 0 Å². The summed E-state index contributed by atoms with van der Waals surface area (Å²) in [5, 5.41) is 0. The van der Waals surface area contributed by atoms with Gasteiger partial charge in [0, 0.05) is 0 Å². The van der Waals surface area contributed by atoms with E-state index in [1.54, 1.807) is 0 Å². The second-order valence-corrected chi connectivity index (χ2v) is 4.79. The van der Waals surface area contributed by atoms with Crippen LogP contribution in [0.4, 0.5) is 0 Å². The van der Waals surface area contributed by atoms with Crippen LogP contribution in [0.2, 0.25) is 0 Å². The van der Waals surface area contributed by atoms with Crippen LogP contribution in [0, 0.1) is 11.8 Å². The van der Waals surface area contributed by atoms with Gasteiger partial charge in [-0.3, -0.25) is 0 Å². The highest BCUT2D eigenvalue weighted by Crippen LogP contribution is 2.52. The second-order valence-electron chi connectivity index (χ2n) is 4.79. The quantitative estimate of drug-likeness (QED) is 0.577. The van der Waals surface area contributed by atoms with Crippen LogP contribution in [-0.2, 0) is 4.74 Å². The van der Waals surface area contributed by atoms with E-state index in [-0.39, 0.29) is 0 Å². The fourth-order valence-electron chi connectivity index (χ4n) is 2.72. The van der Waals surface area contributed by atoms with E-state index in [0.717, 1.165) is 11.8 Å². The predicted octanol–water partition coefficient (Wildman–Crippen LogP) is 2.99. The smallest absolute Gasteiger partial charge is 0.0923 e. The van der Waals surface area contributed by atoms with Gasteiger partial charge in [-0.1, -0.05) is 26.7 Å². The van der Waals surface area contributed by atoms with Gasteiger partial charge in [0.25, 0.3) is 0 Å². The first-order valence-corrected chi connectivity index (χ1v) is 5.35. The maximum Gasteiger partial charge on any atom is 0.0923 e. The number of hydrogen-bond donors (Lipinski definition) is 0. The lowest BCUT2D eigenvalue weighted by Crippen LogP contribution is -2.27. The highest BCUT2D eigenvalue weighted by molar-refractivity contribution is 5.06. The van der Waals surface area contributed by atoms with Crippen LogP contribution >= 0.6 is 0 Å². The Morgan fingerprint density at radius 1 is 1.58 bits per heavy atom. The molecule has 1 aliphatic carbocycles. The largest absolute Gasteiger partial charge is 0.366 e. The fraction of sp³-hybridized carbons (Fsp3) is 1.00. The van der Waals surface area contributed by atoms with Gasteiger partial charge in [0.05, 0.1) is 11.7 Å². The van der Waals surface area contributed by atoms with Crippen molar-refractivity contribution >= 4 is 0 Å². The van der Waals surface area contributed by atoms with Crippen molar-refractivity contribution in [3.63, 3.8) is 0 Å². The summed E-state index contributed by atoms with van der Waals surface area (Å²) in [5.74, 6) is 1.71. The van der Waals surface area contributed by atoms with Crippen molar-refractivity contribution in [2.24, 2.45) is 11.8 Å². The summed E-state index contributed by atoms with van der Waals surface area (Å²) in [6.07, 6.45) is 5.99. The standard InChI is InChI=1S/C11H20O/c1-4-8(2)9-6-5-7-11(3)10(9)12-11/h8-10H,4-7H2,1-3H3. The molecular weight excluding hydrogens is 148 g/mol. The highest BCUT2D eigenvalue weighted by Gasteiger charge is 2.58. The Labute approximate surface area is 75.5 Å². The molecule has 0 spiro atoms. The molecule has 1 heterocycles. The minimum absolute atomic E-state index is 0.298. The van der Waals surface area contributed by atoms with Crippen molar-refractivity contribution in [2.75, 3.05) is 0 Å². The van der Waals surface area contributed by atoms with E-state index in [2.05, 4.69) is 20.8 Å². The molecule has 0 aromatic carbocycles. The summed E-state index contributed by atoms with van der Waals surface area (Å²) in [6.45, 7) is 6.95. The van der Waals surface area contributed by atoms with E-state index in [1.807, 2.05) is 0 Å². The van der Waals surface area contributed by atoms with Gasteiger partial charge in [0.15, 0.2) is 0 Å². The summed E-state index contributed by atoms with van der Waals surface area (Å²) < 4.78 is 5.80. The first-order valence-electron chi connectivity index (χ1n) is 5.35. The van der Waals surface area contributed by atoms with Crippen LogP contribution < -0.4 is 0 Å². The topological polar surface area (TPSA) is 12.5 Å². The van der Waals surface area contributed by atoms with Crippen LogP contribution in [0.15, 0.2) is 0 Å². The van der Waals surface area contributed by atoms with Gasteiger partial charge in [-0.05, 0) is 31.6 Å². The molecule has 1 saturated carbocycles. The van der Waals surface area contributed by atoms with Gasteiger partial charge in [-0.2, -0.15) is 0 Å². The molecule has 0 amide bonds. The second kappa shape index (κ2) is 2.73. The number of rotatable bonds is 2. The van der Waals surface area contributed by atoms with Crippen molar-refractivity contribution in [2.45, 2.75) is 58.2 Å². The molecule has 1 nitrogen and oxygen atoms in total. The van der Waals surface area contributed by atoms with Gasteiger partial charge < -0.3 is 4.74 Å². The third kappa shape index (κ3) is 1.19. The Morgan fingerprint density at radius 2 is 2.33 bits per heavy atom. The lowest BCUT2D eigenvalue weighted by molar-refractivity contribution is 0.244. The zero-order chi connectivity index (χ0) is 8.77. The summed E-state index contributed by atoms with van der Waals surface area (Å²) in [5.41, 5.74) is 0.298. The summed E-state index contributed by atoms with van der Waals surface area (Å²) >= 11 is 0. The van der Waals surface area contributed by atoms with Crippen molar-refractivity contribution in [1.29, 1.82) is 0 Å².